The molecule has 0 saturated heterocycles. The lowest BCUT2D eigenvalue weighted by molar-refractivity contribution is -0.000000741. The fraction of sp³-hybridized carbons (Fsp3) is 1.00. The first kappa shape index (κ1) is 96.4. The first-order chi connectivity index (χ1) is 0. The van der Waals surface area contributed by atoms with E-state index in [0.717, 1.165) is 0 Å². The van der Waals surface area contributed by atoms with Crippen molar-refractivity contribution in [1.82, 2.24) is 0 Å². The number of hydrogen-bond donors (Lipinski definition) is 0. The highest BCUT2D eigenvalue weighted by molar-refractivity contribution is 5.85. The standard InChI is InChI=1S/CH4.3ClH/h1H4;3*1H/i/hD. The predicted octanol–water partition coefficient (Wildman–Crippen LogP) is -1.40. The fourth-order valence-corrected chi connectivity index (χ4v) is 0. The van der Waals surface area contributed by atoms with Gasteiger partial charge in [-0.2, -0.15) is 0 Å². The van der Waals surface area contributed by atoms with Gasteiger partial charge in [-0.3, -0.25) is 0 Å². The highest BCUT2D eigenvalue weighted by atomic mass is 35.5. The van der Waals surface area contributed by atoms with Gasteiger partial charge >= 0.3 is 1.43 Å². The number of halogens is 3. The van der Waals surface area contributed by atoms with Gasteiger partial charge in [0.2, 0.25) is 0 Å². The second-order valence-electron chi connectivity index (χ2n) is 0. The molecule has 0 aliphatic rings. The van der Waals surface area contributed by atoms with Gasteiger partial charge in [-0.15, -0.1) is 24.8 Å². The van der Waals surface area contributed by atoms with Crippen LogP contribution in [0.15, 0.2) is 0 Å². The van der Waals surface area contributed by atoms with E-state index in [9.17, 15) is 0 Å². The van der Waals surface area contributed by atoms with Crippen LogP contribution in [0.25, 0.3) is 0 Å². The summed E-state index contributed by atoms with van der Waals surface area (Å²) < 4.78 is 0. The summed E-state index contributed by atoms with van der Waals surface area (Å²) in [5.74, 6) is 0. The Labute approximate surface area is 46.7 Å². The average molecular weight is 126 g/mol. The maximum Gasteiger partial charge on any atom is 1.00 e. The van der Waals surface area contributed by atoms with Crippen molar-refractivity contribution in [1.29, 1.82) is 0 Å². The van der Waals surface area contributed by atoms with Gasteiger partial charge in [-0.25, -0.2) is 0 Å². The van der Waals surface area contributed by atoms with Gasteiger partial charge in [-0.1, -0.05) is 7.43 Å². The maximum atomic E-state index is 0. The molecule has 0 rings (SSSR count). The largest absolute Gasteiger partial charge is 1.00 e. The van der Waals surface area contributed by atoms with Crippen LogP contribution in [-0.4, -0.2) is 0 Å². The summed E-state index contributed by atoms with van der Waals surface area (Å²) >= 11 is 0. The normalized spacial score (nSPS) is 0. The summed E-state index contributed by atoms with van der Waals surface area (Å²) in [6, 6.07) is 0. The van der Waals surface area contributed by atoms with Gasteiger partial charge in [0.15, 0.2) is 0 Å². The monoisotopic (exact) mass is 125 g/mol. The molecule has 0 nitrogen and oxygen atoms in total. The molecule has 0 aromatic heterocycles. The van der Waals surface area contributed by atoms with Crippen molar-refractivity contribution in [3.8, 4) is 0 Å². The Morgan fingerprint density at radius 2 is 1.00 bits per heavy atom. The Kier molecular flexibility index (Phi) is 1010. The van der Waals surface area contributed by atoms with Gasteiger partial charge in [0, 0.05) is 0 Å². The summed E-state index contributed by atoms with van der Waals surface area (Å²) in [7, 11) is 0. The lowest BCUT2D eigenvalue weighted by atomic mass is 12.0. The van der Waals surface area contributed by atoms with E-state index in [1.807, 2.05) is 0 Å². The van der Waals surface area contributed by atoms with E-state index in [1.54, 1.807) is 0 Å². The van der Waals surface area contributed by atoms with E-state index in [1.165, 1.54) is 0 Å². The van der Waals surface area contributed by atoms with Crippen LogP contribution in [0.2, 0.25) is 0 Å². The van der Waals surface area contributed by atoms with E-state index >= 15 is 0 Å². The molecule has 0 saturated carbocycles. The minimum absolute atomic E-state index is 0. The predicted molar refractivity (Wildman–Crippen MR) is 22.3 cm³/mol. The van der Waals surface area contributed by atoms with Crippen molar-refractivity contribution in [3.63, 3.8) is 0 Å². The van der Waals surface area contributed by atoms with Gasteiger partial charge in [0.05, 0.1) is 0 Å². The molecule has 4 heavy (non-hydrogen) atoms. The van der Waals surface area contributed by atoms with E-state index < -0.39 is 0 Å². The molecule has 0 aliphatic carbocycles. The van der Waals surface area contributed by atoms with Gasteiger partial charge in [0.1, 0.15) is 0 Å². The van der Waals surface area contributed by atoms with Crippen molar-refractivity contribution >= 4 is 24.8 Å². The van der Waals surface area contributed by atoms with Crippen LogP contribution in [0.4, 0.5) is 0 Å². The minimum Gasteiger partial charge on any atom is -1.00 e. The lowest BCUT2D eigenvalue weighted by Crippen LogP contribution is -3.00. The molecule has 0 aromatic carbocycles. The van der Waals surface area contributed by atoms with Gasteiger partial charge < -0.3 is 12.4 Å². The van der Waals surface area contributed by atoms with E-state index in [-0.39, 0.29) is 46.1 Å². The van der Waals surface area contributed by atoms with E-state index in [4.69, 9.17) is 0 Å². The van der Waals surface area contributed by atoms with E-state index in [2.05, 4.69) is 0 Å². The second kappa shape index (κ2) is 42.1. The van der Waals surface area contributed by atoms with Gasteiger partial charge in [0.25, 0.3) is 0 Å². The number of rotatable bonds is 0. The third-order valence-corrected chi connectivity index (χ3v) is 0. The lowest BCUT2D eigenvalue weighted by Gasteiger charge is -1.00. The Balaban J connectivity index is 0. The van der Waals surface area contributed by atoms with Gasteiger partial charge in [-0.05, 0) is 0 Å². The van der Waals surface area contributed by atoms with Crippen LogP contribution < -0.4 is 12.4 Å². The van der Waals surface area contributed by atoms with Crippen molar-refractivity contribution < 1.29 is 13.8 Å². The first-order valence-corrected chi connectivity index (χ1v) is 0. The molecule has 0 N–H and O–H groups in total. The zero-order valence-corrected chi connectivity index (χ0v) is 3.58. The molecule has 0 heterocycles. The molecule has 3 heteroatoms. The summed E-state index contributed by atoms with van der Waals surface area (Å²) in [4.78, 5) is 0. The van der Waals surface area contributed by atoms with Crippen molar-refractivity contribution in [2.24, 2.45) is 0 Å². The Morgan fingerprint density at radius 3 is 1.00 bits per heavy atom. The van der Waals surface area contributed by atoms with Crippen LogP contribution in [-0.2, 0) is 0 Å². The summed E-state index contributed by atoms with van der Waals surface area (Å²) in [5.41, 5.74) is 0. The average Bonchev–Trinajstić information content (AvgIpc) is 0. The van der Waals surface area contributed by atoms with Crippen LogP contribution in [0.5, 0.6) is 0 Å². The third-order valence-electron chi connectivity index (χ3n) is 0. The van der Waals surface area contributed by atoms with Crippen LogP contribution in [0.1, 0.15) is 8.85 Å². The summed E-state index contributed by atoms with van der Waals surface area (Å²) in [6.45, 7) is 0. The van der Waals surface area contributed by atoms with Crippen LogP contribution in [0, 0.1) is 0 Å². The molecule has 0 aliphatic heterocycles. The van der Waals surface area contributed by atoms with Crippen molar-refractivity contribution in [3.05, 3.63) is 0 Å². The molecular formula is CH7Cl3. The summed E-state index contributed by atoms with van der Waals surface area (Å²) in [5, 5.41) is 0. The molecule has 0 radical (unpaired) electrons. The zero-order valence-electron chi connectivity index (χ0n) is 2.19. The first-order valence-electron chi connectivity index (χ1n) is 0. The smallest absolute Gasteiger partial charge is 1.00 e. The molecule has 0 bridgehead atoms. The fourth-order valence-electron chi connectivity index (χ4n) is 0. The highest BCUT2D eigenvalue weighted by Gasteiger charge is -0.0775. The highest BCUT2D eigenvalue weighted by Crippen LogP contribution is 0.691. The molecule has 0 atom stereocenters. The Morgan fingerprint density at radius 1 is 1.00 bits per heavy atom. The topological polar surface area (TPSA) is 0 Å². The third kappa shape index (κ3) is 13.3. The SMILES string of the molecule is C.Cl.Cl.[2H+].[Cl-]. The number of hydrogen-bond acceptors (Lipinski definition) is 0. The van der Waals surface area contributed by atoms with Crippen LogP contribution >= 0.6 is 24.8 Å². The molecule has 32 valence electrons. The second-order valence-corrected chi connectivity index (χ2v) is 0. The Hall–Kier alpha value is 0.870. The molecular weight excluding hydrogens is 118 g/mol. The van der Waals surface area contributed by atoms with Crippen molar-refractivity contribution in [2.75, 3.05) is 0 Å². The van der Waals surface area contributed by atoms with Crippen LogP contribution in [0.3, 0.4) is 0 Å². The molecule has 0 amide bonds. The van der Waals surface area contributed by atoms with Crippen molar-refractivity contribution in [2.45, 2.75) is 7.43 Å². The minimum atomic E-state index is 0. The molecule has 0 aromatic rings. The zero-order chi connectivity index (χ0) is 0. The molecule has 0 fully saturated rings. The quantitative estimate of drug-likeness (QED) is 0.374. The summed E-state index contributed by atoms with van der Waals surface area (Å²) in [6.07, 6.45) is 0. The van der Waals surface area contributed by atoms with E-state index in [0.29, 0.717) is 0 Å². The Bertz CT molecular complexity index is 6.85. The maximum absolute atomic E-state index is 0. The molecule has 0 spiro atoms. The molecule has 0 unspecified atom stereocenters.